The zero-order valence-electron chi connectivity index (χ0n) is 32.6. The minimum absolute atomic E-state index is 0.0208. The third kappa shape index (κ3) is 9.95. The van der Waals surface area contributed by atoms with Crippen molar-refractivity contribution >= 4 is 43.2 Å². The molecule has 2 aromatic carbocycles. The van der Waals surface area contributed by atoms with Gasteiger partial charge in [0.25, 0.3) is 20.2 Å². The number of carboxylic acids is 1. The number of unbranched alkanes of at least 4 members (excludes halogenated alkanes) is 2. The highest BCUT2D eigenvalue weighted by Gasteiger charge is 2.45. The summed E-state index contributed by atoms with van der Waals surface area (Å²) in [6, 6.07) is 9.37. The summed E-state index contributed by atoms with van der Waals surface area (Å²) in [6.45, 7) is 15.3. The van der Waals surface area contributed by atoms with Crippen LogP contribution in [-0.2, 0) is 38.8 Å². The van der Waals surface area contributed by atoms with Crippen LogP contribution in [0.5, 0.6) is 5.75 Å². The normalized spacial score (nSPS) is 17.2. The van der Waals surface area contributed by atoms with Crippen molar-refractivity contribution in [2.75, 3.05) is 26.5 Å². The van der Waals surface area contributed by atoms with Gasteiger partial charge in [0.15, 0.2) is 5.71 Å². The lowest BCUT2D eigenvalue weighted by atomic mass is 9.81. The number of fused-ring (bicyclic) bond motifs is 2. The molecule has 0 amide bonds. The highest BCUT2D eigenvalue weighted by Crippen LogP contribution is 2.44. The van der Waals surface area contributed by atoms with Gasteiger partial charge in [0, 0.05) is 41.5 Å². The summed E-state index contributed by atoms with van der Waals surface area (Å²) in [4.78, 5) is 11.2. The molecule has 2 heterocycles. The number of nitrogens with zero attached hydrogens (tertiary/aromatic N) is 1. The summed E-state index contributed by atoms with van der Waals surface area (Å²) in [5, 5.41) is 9.11. The van der Waals surface area contributed by atoms with E-state index in [9.17, 15) is 21.6 Å². The molecule has 0 saturated heterocycles. The second-order valence-electron chi connectivity index (χ2n) is 15.4. The molecule has 0 saturated carbocycles. The van der Waals surface area contributed by atoms with Gasteiger partial charge in [-0.15, -0.1) is 0 Å². The number of rotatable bonds is 17. The van der Waals surface area contributed by atoms with Crippen LogP contribution in [0.3, 0.4) is 0 Å². The summed E-state index contributed by atoms with van der Waals surface area (Å²) >= 11 is 0. The Hall–Kier alpha value is -3.58. The van der Waals surface area contributed by atoms with Gasteiger partial charge in [0.1, 0.15) is 18.1 Å². The number of ether oxygens (including phenoxy) is 1. The Balaban J connectivity index is 1.76. The molecular formula is C41H56NO9S2+. The lowest BCUT2D eigenvalue weighted by Crippen LogP contribution is -2.28. The second-order valence-corrected chi connectivity index (χ2v) is 19.0. The molecule has 4 rings (SSSR count). The van der Waals surface area contributed by atoms with Gasteiger partial charge in [-0.1, -0.05) is 45.9 Å². The molecule has 12 heteroatoms. The average molecular weight is 771 g/mol. The van der Waals surface area contributed by atoms with Gasteiger partial charge in [-0.25, -0.2) is 0 Å². The molecule has 2 aliphatic heterocycles. The summed E-state index contributed by atoms with van der Waals surface area (Å²) < 4.78 is 67.5. The SMILES string of the molecule is CCC(CCCS(=O)(=O)OC)c1cc(C)c2c(c1)OC(C(C)(C)C)=C/C2=C\C=C\C1=[N+](CCCCCC(=O)O)c2ccc(S(=O)(=O)OC)cc2C1(C)C. The molecule has 0 spiro atoms. The Labute approximate surface area is 316 Å². The molecule has 0 fully saturated rings. The molecule has 1 atom stereocenters. The molecule has 2 aromatic rings. The topological polar surface area (TPSA) is 136 Å². The maximum absolute atomic E-state index is 12.7. The highest BCUT2D eigenvalue weighted by atomic mass is 32.2. The fourth-order valence-electron chi connectivity index (χ4n) is 7.14. The van der Waals surface area contributed by atoms with Crippen LogP contribution in [0, 0.1) is 12.3 Å². The first-order valence-electron chi connectivity index (χ1n) is 18.3. The number of aryl methyl sites for hydroxylation is 1. The Morgan fingerprint density at radius 3 is 2.36 bits per heavy atom. The molecule has 0 radical (unpaired) electrons. The number of aliphatic carboxylic acids is 1. The van der Waals surface area contributed by atoms with Crippen molar-refractivity contribution in [3.63, 3.8) is 0 Å². The maximum atomic E-state index is 12.7. The maximum Gasteiger partial charge on any atom is 0.303 e. The van der Waals surface area contributed by atoms with Crippen molar-refractivity contribution in [2.24, 2.45) is 5.41 Å². The zero-order chi connectivity index (χ0) is 39.4. The van der Waals surface area contributed by atoms with E-state index in [1.54, 1.807) is 12.1 Å². The lowest BCUT2D eigenvalue weighted by molar-refractivity contribution is -0.438. The zero-order valence-corrected chi connectivity index (χ0v) is 34.2. The van der Waals surface area contributed by atoms with E-state index in [2.05, 4.69) is 87.6 Å². The van der Waals surface area contributed by atoms with Crippen molar-refractivity contribution in [1.29, 1.82) is 0 Å². The summed E-state index contributed by atoms with van der Waals surface area (Å²) in [5.74, 6) is 0.927. The van der Waals surface area contributed by atoms with Crippen LogP contribution in [0.25, 0.3) is 5.57 Å². The minimum Gasteiger partial charge on any atom is -0.481 e. The van der Waals surface area contributed by atoms with E-state index in [0.717, 1.165) is 77.1 Å². The molecule has 2 aliphatic rings. The summed E-state index contributed by atoms with van der Waals surface area (Å²) in [5.41, 5.74) is 6.11. The quantitative estimate of drug-likeness (QED) is 0.0953. The number of carboxylic acid groups (broad SMARTS) is 1. The fraction of sp³-hybridized carbons (Fsp3) is 0.512. The van der Waals surface area contributed by atoms with Gasteiger partial charge >= 0.3 is 5.97 Å². The van der Waals surface area contributed by atoms with Gasteiger partial charge in [-0.05, 0) is 99.8 Å². The predicted octanol–water partition coefficient (Wildman–Crippen LogP) is 8.56. The molecule has 0 bridgehead atoms. The Morgan fingerprint density at radius 1 is 1.02 bits per heavy atom. The third-order valence-corrected chi connectivity index (χ3v) is 12.8. The van der Waals surface area contributed by atoms with Crippen LogP contribution >= 0.6 is 0 Å². The van der Waals surface area contributed by atoms with E-state index in [-0.39, 0.29) is 28.4 Å². The van der Waals surface area contributed by atoms with Gasteiger partial charge < -0.3 is 9.84 Å². The Bertz CT molecular complexity index is 2050. The van der Waals surface area contributed by atoms with Crippen LogP contribution in [0.15, 0.2) is 65.3 Å². The first-order valence-corrected chi connectivity index (χ1v) is 21.3. The van der Waals surface area contributed by atoms with Crippen molar-refractivity contribution in [3.8, 4) is 5.75 Å². The van der Waals surface area contributed by atoms with Crippen LogP contribution in [-0.4, -0.2) is 64.7 Å². The Morgan fingerprint density at radius 2 is 1.74 bits per heavy atom. The van der Waals surface area contributed by atoms with E-state index < -0.39 is 31.6 Å². The van der Waals surface area contributed by atoms with E-state index >= 15 is 0 Å². The van der Waals surface area contributed by atoms with E-state index in [1.807, 2.05) is 12.1 Å². The number of benzene rings is 2. The van der Waals surface area contributed by atoms with Crippen LogP contribution in [0.2, 0.25) is 0 Å². The number of carbonyl (C=O) groups is 1. The average Bonchev–Trinajstić information content (AvgIpc) is 3.30. The molecular weight excluding hydrogens is 715 g/mol. The predicted molar refractivity (Wildman–Crippen MR) is 209 cm³/mol. The molecule has 290 valence electrons. The van der Waals surface area contributed by atoms with Crippen molar-refractivity contribution in [1.82, 2.24) is 0 Å². The molecule has 1 N–H and O–H groups in total. The van der Waals surface area contributed by atoms with Gasteiger partial charge in [0.2, 0.25) is 5.69 Å². The second kappa shape index (κ2) is 16.8. The van der Waals surface area contributed by atoms with E-state index in [1.165, 1.54) is 7.11 Å². The lowest BCUT2D eigenvalue weighted by Gasteiger charge is -2.30. The summed E-state index contributed by atoms with van der Waals surface area (Å²) in [6.07, 6.45) is 12.6. The first-order chi connectivity index (χ1) is 24.8. The Kier molecular flexibility index (Phi) is 13.4. The standard InChI is InChI=1S/C41H55NO9S2/c1-10-29(17-15-23-52(45,46)49-8)31-24-28(2)39-30(26-37(40(3,4)5)51-35(39)25-31)16-14-18-36-41(6,7)33-27-32(53(47,48)50-9)20-21-34(33)42(36)22-13-11-12-19-38(43)44/h14,16,18,20-21,24-27,29H,10-13,15,17,19,22-23H2,1-9H3/p+1/b18-14+,30-16+. The van der Waals surface area contributed by atoms with Crippen LogP contribution in [0.1, 0.15) is 115 Å². The van der Waals surface area contributed by atoms with Gasteiger partial charge in [-0.3, -0.25) is 13.2 Å². The smallest absolute Gasteiger partial charge is 0.303 e. The van der Waals surface area contributed by atoms with Crippen LogP contribution < -0.4 is 4.74 Å². The number of hydrogen-bond acceptors (Lipinski definition) is 8. The third-order valence-electron chi connectivity index (χ3n) is 10.2. The largest absolute Gasteiger partial charge is 0.481 e. The summed E-state index contributed by atoms with van der Waals surface area (Å²) in [7, 11) is -5.07. The van der Waals surface area contributed by atoms with Crippen molar-refractivity contribution in [3.05, 3.63) is 82.6 Å². The molecule has 1 unspecified atom stereocenters. The molecule has 10 nitrogen and oxygen atoms in total. The molecule has 0 aromatic heterocycles. The minimum atomic E-state index is -3.90. The monoisotopic (exact) mass is 770 g/mol. The van der Waals surface area contributed by atoms with Crippen LogP contribution in [0.4, 0.5) is 5.69 Å². The fourth-order valence-corrected chi connectivity index (χ4v) is 8.52. The van der Waals surface area contributed by atoms with E-state index in [0.29, 0.717) is 25.8 Å². The molecule has 0 aliphatic carbocycles. The van der Waals surface area contributed by atoms with Gasteiger partial charge in [0.05, 0.1) is 30.3 Å². The first kappa shape index (κ1) is 42.2. The number of hydrogen-bond donors (Lipinski definition) is 1. The highest BCUT2D eigenvalue weighted by molar-refractivity contribution is 7.87. The van der Waals surface area contributed by atoms with Crippen molar-refractivity contribution in [2.45, 2.75) is 110 Å². The van der Waals surface area contributed by atoms with Gasteiger partial charge in [-0.2, -0.15) is 21.4 Å². The van der Waals surface area contributed by atoms with Crippen molar-refractivity contribution < 1.29 is 44.4 Å². The number of allylic oxidation sites excluding steroid dienone is 6. The molecule has 53 heavy (non-hydrogen) atoms. The van der Waals surface area contributed by atoms with E-state index in [4.69, 9.17) is 14.0 Å².